The normalized spacial score (nSPS) is 23.9. The van der Waals surface area contributed by atoms with Gasteiger partial charge >= 0.3 is 0 Å². The summed E-state index contributed by atoms with van der Waals surface area (Å²) in [5, 5.41) is 0. The number of hydrogen-bond acceptors (Lipinski definition) is 3. The van der Waals surface area contributed by atoms with Crippen molar-refractivity contribution in [3.63, 3.8) is 0 Å². The summed E-state index contributed by atoms with van der Waals surface area (Å²) in [5.74, 6) is 0. The van der Waals surface area contributed by atoms with Crippen LogP contribution in [0.5, 0.6) is 0 Å². The Labute approximate surface area is 130 Å². The number of rotatable bonds is 4. The van der Waals surface area contributed by atoms with Crippen LogP contribution in [-0.4, -0.2) is 43.7 Å². The summed E-state index contributed by atoms with van der Waals surface area (Å²) in [7, 11) is 2.23. The second-order valence-electron chi connectivity index (χ2n) is 6.57. The molecule has 0 spiro atoms. The molecule has 3 heteroatoms. The molecule has 1 fully saturated rings. The molecule has 1 unspecified atom stereocenters. The monoisotopic (exact) mass is 289 g/mol. The van der Waals surface area contributed by atoms with Crippen LogP contribution >= 0.6 is 0 Å². The zero-order valence-corrected chi connectivity index (χ0v) is 14.2. The maximum absolute atomic E-state index is 6.25. The Morgan fingerprint density at radius 2 is 2.00 bits per heavy atom. The van der Waals surface area contributed by atoms with E-state index in [2.05, 4.69) is 55.8 Å². The van der Waals surface area contributed by atoms with Crippen LogP contribution in [0.25, 0.3) is 0 Å². The van der Waals surface area contributed by atoms with E-state index in [0.29, 0.717) is 0 Å². The predicted molar refractivity (Wildman–Crippen MR) is 92.1 cm³/mol. The number of hydrogen-bond donors (Lipinski definition) is 1. The zero-order valence-electron chi connectivity index (χ0n) is 14.2. The smallest absolute Gasteiger partial charge is 0.0533 e. The first-order chi connectivity index (χ1) is 10.0. The van der Waals surface area contributed by atoms with Crippen LogP contribution in [0.2, 0.25) is 0 Å². The maximum Gasteiger partial charge on any atom is 0.0533 e. The lowest BCUT2D eigenvalue weighted by atomic mass is 9.88. The lowest BCUT2D eigenvalue weighted by Gasteiger charge is -2.43. The highest BCUT2D eigenvalue weighted by molar-refractivity contribution is 5.56. The van der Waals surface area contributed by atoms with Crippen LogP contribution in [-0.2, 0) is 0 Å². The van der Waals surface area contributed by atoms with Gasteiger partial charge in [-0.25, -0.2) is 0 Å². The van der Waals surface area contributed by atoms with Crippen molar-refractivity contribution in [2.75, 3.05) is 38.1 Å². The highest BCUT2D eigenvalue weighted by atomic mass is 15.2. The Bertz CT molecular complexity index is 472. The average Bonchev–Trinajstić information content (AvgIpc) is 2.69. The van der Waals surface area contributed by atoms with Gasteiger partial charge in [0, 0.05) is 25.8 Å². The summed E-state index contributed by atoms with van der Waals surface area (Å²) in [6.45, 7) is 10.9. The van der Waals surface area contributed by atoms with Gasteiger partial charge in [-0.3, -0.25) is 0 Å². The van der Waals surface area contributed by atoms with Crippen molar-refractivity contribution in [3.8, 4) is 0 Å². The molecule has 0 aliphatic carbocycles. The van der Waals surface area contributed by atoms with E-state index < -0.39 is 0 Å². The summed E-state index contributed by atoms with van der Waals surface area (Å²) in [4.78, 5) is 5.01. The van der Waals surface area contributed by atoms with Crippen LogP contribution < -0.4 is 10.6 Å². The molecule has 1 aliphatic heterocycles. The fourth-order valence-electron chi connectivity index (χ4n) is 3.66. The van der Waals surface area contributed by atoms with Gasteiger partial charge in [-0.1, -0.05) is 24.6 Å². The number of anilines is 1. The standard InChI is InChI=1S/C18H31N3/c1-5-21-11-6-9-18(14-19,10-12-21)20(4)17-8-7-15(2)13-16(17)3/h7-8,13H,5-6,9-12,14,19H2,1-4H3. The van der Waals surface area contributed by atoms with Crippen molar-refractivity contribution in [2.45, 2.75) is 45.6 Å². The van der Waals surface area contributed by atoms with Crippen molar-refractivity contribution in [3.05, 3.63) is 29.3 Å². The largest absolute Gasteiger partial charge is 0.367 e. The number of nitrogens with two attached hydrogens (primary N) is 1. The Morgan fingerprint density at radius 1 is 1.24 bits per heavy atom. The SMILES string of the molecule is CCN1CCCC(CN)(N(C)c2ccc(C)cc2C)CC1. The van der Waals surface area contributed by atoms with E-state index in [1.165, 1.54) is 36.2 Å². The van der Waals surface area contributed by atoms with Crippen LogP contribution in [0.1, 0.15) is 37.3 Å². The number of benzene rings is 1. The lowest BCUT2D eigenvalue weighted by molar-refractivity contribution is 0.287. The van der Waals surface area contributed by atoms with Gasteiger partial charge in [0.1, 0.15) is 0 Å². The Balaban J connectivity index is 2.26. The van der Waals surface area contributed by atoms with Gasteiger partial charge in [0.05, 0.1) is 5.54 Å². The molecule has 1 aliphatic rings. The molecule has 0 radical (unpaired) electrons. The molecule has 0 bridgehead atoms. The minimum absolute atomic E-state index is 0.101. The highest BCUT2D eigenvalue weighted by Crippen LogP contribution is 2.33. The average molecular weight is 289 g/mol. The quantitative estimate of drug-likeness (QED) is 0.925. The van der Waals surface area contributed by atoms with E-state index >= 15 is 0 Å². The van der Waals surface area contributed by atoms with Gasteiger partial charge in [0.15, 0.2) is 0 Å². The Hall–Kier alpha value is -1.06. The van der Waals surface area contributed by atoms with Gasteiger partial charge in [0.25, 0.3) is 0 Å². The molecule has 2 N–H and O–H groups in total. The first-order valence-electron chi connectivity index (χ1n) is 8.26. The number of likely N-dealkylation sites (N-methyl/N-ethyl adjacent to an activating group) is 1. The van der Waals surface area contributed by atoms with Gasteiger partial charge in [-0.05, 0) is 57.8 Å². The van der Waals surface area contributed by atoms with Crippen molar-refractivity contribution < 1.29 is 0 Å². The molecule has 1 saturated heterocycles. The van der Waals surface area contributed by atoms with Crippen molar-refractivity contribution in [1.29, 1.82) is 0 Å². The molecule has 118 valence electrons. The van der Waals surface area contributed by atoms with Gasteiger partial charge in [0.2, 0.25) is 0 Å². The van der Waals surface area contributed by atoms with E-state index in [0.717, 1.165) is 26.1 Å². The van der Waals surface area contributed by atoms with E-state index in [-0.39, 0.29) is 5.54 Å². The fraction of sp³-hybridized carbons (Fsp3) is 0.667. The minimum Gasteiger partial charge on any atom is -0.367 e. The van der Waals surface area contributed by atoms with E-state index in [1.807, 2.05) is 0 Å². The zero-order chi connectivity index (χ0) is 15.5. The molecule has 21 heavy (non-hydrogen) atoms. The van der Waals surface area contributed by atoms with Crippen LogP contribution in [0.15, 0.2) is 18.2 Å². The molecule has 1 aromatic carbocycles. The molecule has 1 heterocycles. The van der Waals surface area contributed by atoms with Crippen LogP contribution in [0.3, 0.4) is 0 Å². The second kappa shape index (κ2) is 6.80. The molecule has 1 atom stereocenters. The van der Waals surface area contributed by atoms with Crippen molar-refractivity contribution in [2.24, 2.45) is 5.73 Å². The van der Waals surface area contributed by atoms with Gasteiger partial charge < -0.3 is 15.5 Å². The first-order valence-corrected chi connectivity index (χ1v) is 8.26. The number of aryl methyl sites for hydroxylation is 2. The Kier molecular flexibility index (Phi) is 5.28. The minimum atomic E-state index is 0.101. The van der Waals surface area contributed by atoms with E-state index in [9.17, 15) is 0 Å². The number of nitrogens with zero attached hydrogens (tertiary/aromatic N) is 2. The molecule has 2 rings (SSSR count). The maximum atomic E-state index is 6.25. The van der Waals surface area contributed by atoms with Crippen molar-refractivity contribution >= 4 is 5.69 Å². The van der Waals surface area contributed by atoms with Crippen molar-refractivity contribution in [1.82, 2.24) is 4.90 Å². The fourth-order valence-corrected chi connectivity index (χ4v) is 3.66. The molecule has 0 amide bonds. The molecule has 1 aromatic rings. The second-order valence-corrected chi connectivity index (χ2v) is 6.57. The summed E-state index contributed by atoms with van der Waals surface area (Å²) >= 11 is 0. The lowest BCUT2D eigenvalue weighted by Crippen LogP contribution is -2.53. The van der Waals surface area contributed by atoms with E-state index in [1.54, 1.807) is 0 Å². The summed E-state index contributed by atoms with van der Waals surface area (Å²) in [6, 6.07) is 6.73. The summed E-state index contributed by atoms with van der Waals surface area (Å²) in [5.41, 5.74) is 10.4. The van der Waals surface area contributed by atoms with Gasteiger partial charge in [-0.2, -0.15) is 0 Å². The summed E-state index contributed by atoms with van der Waals surface area (Å²) < 4.78 is 0. The molecule has 0 saturated carbocycles. The molecular weight excluding hydrogens is 258 g/mol. The molecular formula is C18H31N3. The van der Waals surface area contributed by atoms with Gasteiger partial charge in [-0.15, -0.1) is 0 Å². The predicted octanol–water partition coefficient (Wildman–Crippen LogP) is 2.94. The van der Waals surface area contributed by atoms with E-state index in [4.69, 9.17) is 5.73 Å². The Morgan fingerprint density at radius 3 is 2.62 bits per heavy atom. The summed E-state index contributed by atoms with van der Waals surface area (Å²) in [6.07, 6.45) is 3.57. The third-order valence-electron chi connectivity index (χ3n) is 5.26. The van der Waals surface area contributed by atoms with Crippen LogP contribution in [0, 0.1) is 13.8 Å². The highest BCUT2D eigenvalue weighted by Gasteiger charge is 2.35. The molecule has 0 aromatic heterocycles. The third kappa shape index (κ3) is 3.41. The number of likely N-dealkylation sites (tertiary alicyclic amines) is 1. The topological polar surface area (TPSA) is 32.5 Å². The van der Waals surface area contributed by atoms with Crippen LogP contribution in [0.4, 0.5) is 5.69 Å². The third-order valence-corrected chi connectivity index (χ3v) is 5.26. The molecule has 3 nitrogen and oxygen atoms in total. The first kappa shape index (κ1) is 16.3.